The van der Waals surface area contributed by atoms with Gasteiger partial charge in [0.1, 0.15) is 18.1 Å². The number of amides is 1. The van der Waals surface area contributed by atoms with Crippen molar-refractivity contribution in [3.63, 3.8) is 0 Å². The average Bonchev–Trinajstić information content (AvgIpc) is 3.15. The molecule has 0 aliphatic rings. The van der Waals surface area contributed by atoms with E-state index < -0.39 is 0 Å². The van der Waals surface area contributed by atoms with Crippen LogP contribution in [0.25, 0.3) is 0 Å². The first kappa shape index (κ1) is 16.8. The lowest BCUT2D eigenvalue weighted by molar-refractivity contribution is 0.0955. The fourth-order valence-corrected chi connectivity index (χ4v) is 2.16. The summed E-state index contributed by atoms with van der Waals surface area (Å²) in [6, 6.07) is 17.8. The van der Waals surface area contributed by atoms with E-state index in [-0.39, 0.29) is 5.91 Å². The molecule has 1 aromatic heterocycles. The summed E-state index contributed by atoms with van der Waals surface area (Å²) >= 11 is 5.83. The van der Waals surface area contributed by atoms with E-state index in [1.54, 1.807) is 48.5 Å². The molecule has 0 aliphatic heterocycles. The van der Waals surface area contributed by atoms with Crippen LogP contribution in [0.2, 0.25) is 5.02 Å². The lowest BCUT2D eigenvalue weighted by atomic mass is 10.1. The molecule has 0 spiro atoms. The minimum atomic E-state index is -0.298. The van der Waals surface area contributed by atoms with E-state index in [4.69, 9.17) is 20.8 Å². The van der Waals surface area contributed by atoms with Gasteiger partial charge in [-0.15, -0.1) is 0 Å². The number of carbonyl (C=O) groups excluding carboxylic acids is 1. The van der Waals surface area contributed by atoms with Crippen LogP contribution in [0.5, 0.6) is 5.75 Å². The Morgan fingerprint density at radius 3 is 2.56 bits per heavy atom. The maximum Gasteiger partial charge on any atom is 0.271 e. The molecule has 0 aliphatic carbocycles. The predicted octanol–water partition coefficient (Wildman–Crippen LogP) is 4.28. The highest BCUT2D eigenvalue weighted by atomic mass is 35.5. The van der Waals surface area contributed by atoms with Crippen LogP contribution in [-0.4, -0.2) is 12.1 Å². The van der Waals surface area contributed by atoms with Crippen LogP contribution in [0.1, 0.15) is 21.7 Å². The fraction of sp³-hybridized carbons (Fsp3) is 0.0526. The quantitative estimate of drug-likeness (QED) is 0.531. The van der Waals surface area contributed by atoms with Crippen LogP contribution in [0, 0.1) is 0 Å². The summed E-state index contributed by atoms with van der Waals surface area (Å²) in [7, 11) is 0. The van der Waals surface area contributed by atoms with Crippen LogP contribution >= 0.6 is 11.6 Å². The zero-order chi connectivity index (χ0) is 17.5. The van der Waals surface area contributed by atoms with Crippen LogP contribution in [0.15, 0.2) is 76.4 Å². The Balaban J connectivity index is 1.52. The lowest BCUT2D eigenvalue weighted by Gasteiger charge is -2.07. The molecular formula is C19H15ClN2O3. The topological polar surface area (TPSA) is 63.8 Å². The first-order valence-electron chi connectivity index (χ1n) is 7.55. The first-order valence-corrected chi connectivity index (χ1v) is 7.93. The highest BCUT2D eigenvalue weighted by molar-refractivity contribution is 6.30. The number of benzene rings is 2. The average molecular weight is 355 g/mol. The van der Waals surface area contributed by atoms with Gasteiger partial charge < -0.3 is 9.15 Å². The van der Waals surface area contributed by atoms with Crippen molar-refractivity contribution in [3.8, 4) is 5.75 Å². The maximum atomic E-state index is 12.0. The Bertz CT molecular complexity index is 841. The van der Waals surface area contributed by atoms with Crippen molar-refractivity contribution in [1.82, 2.24) is 5.43 Å². The molecule has 3 rings (SSSR count). The van der Waals surface area contributed by atoms with Gasteiger partial charge in [0.2, 0.25) is 0 Å². The molecule has 0 bridgehead atoms. The monoisotopic (exact) mass is 354 g/mol. The van der Waals surface area contributed by atoms with Gasteiger partial charge in [-0.2, -0.15) is 5.10 Å². The number of hydrazone groups is 1. The molecule has 0 atom stereocenters. The molecule has 5 nitrogen and oxygen atoms in total. The second kappa shape index (κ2) is 8.17. The standard InChI is InChI=1S/C19H15ClN2O3/c20-16-7-9-17(10-8-16)25-13-14-3-5-15(6-4-14)19(23)22-21-12-18-2-1-11-24-18/h1-12H,13H2,(H,22,23). The fourth-order valence-electron chi connectivity index (χ4n) is 2.03. The van der Waals surface area contributed by atoms with Gasteiger partial charge in [-0.1, -0.05) is 23.7 Å². The lowest BCUT2D eigenvalue weighted by Crippen LogP contribution is -2.17. The summed E-state index contributed by atoms with van der Waals surface area (Å²) in [4.78, 5) is 12.0. The summed E-state index contributed by atoms with van der Waals surface area (Å²) in [5, 5.41) is 4.51. The van der Waals surface area contributed by atoms with Gasteiger partial charge in [-0.25, -0.2) is 5.43 Å². The number of hydrogen-bond donors (Lipinski definition) is 1. The van der Waals surface area contributed by atoms with Gasteiger partial charge in [0.25, 0.3) is 5.91 Å². The molecule has 3 aromatic rings. The second-order valence-electron chi connectivity index (χ2n) is 5.15. The van der Waals surface area contributed by atoms with Crippen LogP contribution in [0.4, 0.5) is 0 Å². The van der Waals surface area contributed by atoms with Gasteiger partial charge in [0.15, 0.2) is 0 Å². The van der Waals surface area contributed by atoms with Crippen molar-refractivity contribution >= 4 is 23.7 Å². The summed E-state index contributed by atoms with van der Waals surface area (Å²) in [5.74, 6) is 1.00. The van der Waals surface area contributed by atoms with E-state index in [1.807, 2.05) is 12.1 Å². The second-order valence-corrected chi connectivity index (χ2v) is 5.59. The summed E-state index contributed by atoms with van der Waals surface area (Å²) in [6.07, 6.45) is 2.97. The molecule has 0 fully saturated rings. The number of hydrogen-bond acceptors (Lipinski definition) is 4. The third-order valence-electron chi connectivity index (χ3n) is 3.34. The van der Waals surface area contributed by atoms with E-state index in [1.165, 1.54) is 12.5 Å². The number of ether oxygens (including phenoxy) is 1. The van der Waals surface area contributed by atoms with Crippen molar-refractivity contribution < 1.29 is 13.9 Å². The third kappa shape index (κ3) is 4.96. The Hall–Kier alpha value is -3.05. The molecular weight excluding hydrogens is 340 g/mol. The third-order valence-corrected chi connectivity index (χ3v) is 3.59. The Morgan fingerprint density at radius 1 is 1.12 bits per heavy atom. The zero-order valence-corrected chi connectivity index (χ0v) is 13.9. The summed E-state index contributed by atoms with van der Waals surface area (Å²) in [5.41, 5.74) is 3.90. The first-order chi connectivity index (χ1) is 12.2. The maximum absolute atomic E-state index is 12.0. The molecule has 2 aromatic carbocycles. The molecule has 1 N–H and O–H groups in total. The van der Waals surface area contributed by atoms with E-state index in [9.17, 15) is 4.79 Å². The summed E-state index contributed by atoms with van der Waals surface area (Å²) in [6.45, 7) is 0.403. The zero-order valence-electron chi connectivity index (χ0n) is 13.2. The summed E-state index contributed by atoms with van der Waals surface area (Å²) < 4.78 is 10.7. The van der Waals surface area contributed by atoms with Crippen molar-refractivity contribution in [2.24, 2.45) is 5.10 Å². The van der Waals surface area contributed by atoms with Crippen LogP contribution < -0.4 is 10.2 Å². The number of furan rings is 1. The molecule has 1 heterocycles. The molecule has 0 radical (unpaired) electrons. The van der Waals surface area contributed by atoms with Gasteiger partial charge in [-0.05, 0) is 54.1 Å². The smallest absolute Gasteiger partial charge is 0.271 e. The van der Waals surface area contributed by atoms with Crippen molar-refractivity contribution in [3.05, 3.63) is 88.8 Å². The highest BCUT2D eigenvalue weighted by Crippen LogP contribution is 2.17. The van der Waals surface area contributed by atoms with Crippen molar-refractivity contribution in [2.75, 3.05) is 0 Å². The number of rotatable bonds is 6. The molecule has 0 saturated heterocycles. The van der Waals surface area contributed by atoms with E-state index in [0.717, 1.165) is 11.3 Å². The Morgan fingerprint density at radius 2 is 1.88 bits per heavy atom. The van der Waals surface area contributed by atoms with Crippen molar-refractivity contribution in [2.45, 2.75) is 6.61 Å². The molecule has 126 valence electrons. The molecule has 0 unspecified atom stereocenters. The van der Waals surface area contributed by atoms with Gasteiger partial charge in [0.05, 0.1) is 12.5 Å². The van der Waals surface area contributed by atoms with Crippen LogP contribution in [0.3, 0.4) is 0 Å². The van der Waals surface area contributed by atoms with E-state index >= 15 is 0 Å². The van der Waals surface area contributed by atoms with E-state index in [2.05, 4.69) is 10.5 Å². The van der Waals surface area contributed by atoms with Crippen LogP contribution in [-0.2, 0) is 6.61 Å². The number of nitrogens with one attached hydrogen (secondary N) is 1. The molecule has 1 amide bonds. The van der Waals surface area contributed by atoms with Crippen molar-refractivity contribution in [1.29, 1.82) is 0 Å². The highest BCUT2D eigenvalue weighted by Gasteiger charge is 2.04. The largest absolute Gasteiger partial charge is 0.489 e. The number of carbonyl (C=O) groups is 1. The number of halogens is 1. The molecule has 25 heavy (non-hydrogen) atoms. The SMILES string of the molecule is O=C(NN=Cc1ccco1)c1ccc(COc2ccc(Cl)cc2)cc1. The minimum absolute atomic E-state index is 0.298. The van der Waals surface area contributed by atoms with E-state index in [0.29, 0.717) is 23.0 Å². The van der Waals surface area contributed by atoms with Gasteiger partial charge in [0, 0.05) is 10.6 Å². The minimum Gasteiger partial charge on any atom is -0.489 e. The van der Waals surface area contributed by atoms with Gasteiger partial charge >= 0.3 is 0 Å². The molecule has 0 saturated carbocycles. The Labute approximate surface area is 149 Å². The predicted molar refractivity (Wildman–Crippen MR) is 96.0 cm³/mol. The molecule has 6 heteroatoms. The Kier molecular flexibility index (Phi) is 5.49. The van der Waals surface area contributed by atoms with Gasteiger partial charge in [-0.3, -0.25) is 4.79 Å². The number of nitrogens with zero attached hydrogens (tertiary/aromatic N) is 1. The normalized spacial score (nSPS) is 10.8.